The van der Waals surface area contributed by atoms with E-state index in [-0.39, 0.29) is 17.8 Å². The molecule has 1 fully saturated rings. The second-order valence-electron chi connectivity index (χ2n) is 11.9. The van der Waals surface area contributed by atoms with Gasteiger partial charge in [0.25, 0.3) is 0 Å². The second-order valence-corrected chi connectivity index (χ2v) is 11.9. The molecule has 0 atom stereocenters. The van der Waals surface area contributed by atoms with Crippen molar-refractivity contribution in [2.75, 3.05) is 19.7 Å². The number of amides is 1. The minimum atomic E-state index is -0.466. The van der Waals surface area contributed by atoms with Gasteiger partial charge in [-0.25, -0.2) is 4.79 Å². The summed E-state index contributed by atoms with van der Waals surface area (Å²) in [5, 5.41) is 0. The van der Waals surface area contributed by atoms with Crippen LogP contribution in [0.1, 0.15) is 127 Å². The normalized spacial score (nSPS) is 13.5. The molecular formula is C37H53NO6. The number of carbonyl (C=O) groups is 3. The Morgan fingerprint density at radius 1 is 0.636 bits per heavy atom. The van der Waals surface area contributed by atoms with Crippen LogP contribution in [0.5, 0.6) is 17.2 Å². The summed E-state index contributed by atoms with van der Waals surface area (Å²) < 4.78 is 16.9. The molecule has 0 aliphatic carbocycles. The maximum Gasteiger partial charge on any atom is 0.343 e. The summed E-state index contributed by atoms with van der Waals surface area (Å²) in [6.45, 7) is 6.28. The topological polar surface area (TPSA) is 82.1 Å². The molecule has 2 aromatic rings. The molecule has 0 unspecified atom stereocenters. The fourth-order valence-electron chi connectivity index (χ4n) is 5.46. The van der Waals surface area contributed by atoms with Gasteiger partial charge in [0.2, 0.25) is 5.91 Å². The lowest BCUT2D eigenvalue weighted by atomic mass is 9.96. The third kappa shape index (κ3) is 13.1. The van der Waals surface area contributed by atoms with E-state index in [0.717, 1.165) is 25.0 Å². The van der Waals surface area contributed by atoms with Gasteiger partial charge in [-0.15, -0.1) is 0 Å². The Bertz CT molecular complexity index is 1110. The van der Waals surface area contributed by atoms with Crippen LogP contribution in [0.25, 0.3) is 0 Å². The zero-order valence-electron chi connectivity index (χ0n) is 27.0. The predicted molar refractivity (Wildman–Crippen MR) is 174 cm³/mol. The van der Waals surface area contributed by atoms with Crippen LogP contribution in [0, 0.1) is 5.92 Å². The molecule has 0 aromatic heterocycles. The minimum Gasteiger partial charge on any atom is -0.494 e. The highest BCUT2D eigenvalue weighted by molar-refractivity contribution is 5.91. The summed E-state index contributed by atoms with van der Waals surface area (Å²) in [4.78, 5) is 39.7. The highest BCUT2D eigenvalue weighted by Gasteiger charge is 2.28. The van der Waals surface area contributed by atoms with Crippen molar-refractivity contribution in [3.63, 3.8) is 0 Å². The second kappa shape index (κ2) is 20.6. The van der Waals surface area contributed by atoms with Gasteiger partial charge >= 0.3 is 11.9 Å². The van der Waals surface area contributed by atoms with E-state index in [1.54, 1.807) is 48.5 Å². The summed E-state index contributed by atoms with van der Waals surface area (Å²) in [7, 11) is 0. The van der Waals surface area contributed by atoms with Gasteiger partial charge in [-0.3, -0.25) is 9.59 Å². The molecule has 0 spiro atoms. The zero-order valence-corrected chi connectivity index (χ0v) is 27.0. The van der Waals surface area contributed by atoms with Crippen molar-refractivity contribution in [2.45, 2.75) is 117 Å². The number of piperidine rings is 1. The van der Waals surface area contributed by atoms with Gasteiger partial charge in [0, 0.05) is 19.5 Å². The Morgan fingerprint density at radius 2 is 1.14 bits per heavy atom. The van der Waals surface area contributed by atoms with E-state index in [4.69, 9.17) is 14.2 Å². The summed E-state index contributed by atoms with van der Waals surface area (Å²) in [6, 6.07) is 13.5. The van der Waals surface area contributed by atoms with Crippen molar-refractivity contribution in [1.29, 1.82) is 0 Å². The largest absolute Gasteiger partial charge is 0.494 e. The number of unbranched alkanes of at least 4 members (excludes halogenated alkanes) is 11. The number of rotatable bonds is 20. The van der Waals surface area contributed by atoms with E-state index in [1.807, 2.05) is 4.90 Å². The zero-order chi connectivity index (χ0) is 31.4. The minimum absolute atomic E-state index is 0.191. The fraction of sp³-hybridized carbons (Fsp3) is 0.595. The van der Waals surface area contributed by atoms with E-state index in [1.165, 1.54) is 64.2 Å². The number of nitrogens with zero attached hydrogens (tertiary/aromatic N) is 1. The molecule has 2 aromatic carbocycles. The Labute approximate surface area is 264 Å². The molecule has 44 heavy (non-hydrogen) atoms. The molecule has 1 aliphatic rings. The number of benzene rings is 2. The first-order valence-corrected chi connectivity index (χ1v) is 17.0. The van der Waals surface area contributed by atoms with E-state index in [2.05, 4.69) is 13.8 Å². The molecule has 0 saturated carbocycles. The Kier molecular flexibility index (Phi) is 16.4. The van der Waals surface area contributed by atoms with E-state index >= 15 is 0 Å². The smallest absolute Gasteiger partial charge is 0.343 e. The van der Waals surface area contributed by atoms with E-state index < -0.39 is 5.97 Å². The molecule has 7 heteroatoms. The third-order valence-electron chi connectivity index (χ3n) is 8.28. The van der Waals surface area contributed by atoms with Crippen LogP contribution in [0.15, 0.2) is 48.5 Å². The number of esters is 2. The summed E-state index contributed by atoms with van der Waals surface area (Å²) in [6.07, 6.45) is 17.5. The first kappa shape index (κ1) is 35.1. The molecule has 1 heterocycles. The van der Waals surface area contributed by atoms with Crippen LogP contribution in [0.3, 0.4) is 0 Å². The molecule has 3 rings (SSSR count). The van der Waals surface area contributed by atoms with Crippen molar-refractivity contribution < 1.29 is 28.6 Å². The van der Waals surface area contributed by atoms with Gasteiger partial charge in [0.05, 0.1) is 18.1 Å². The maximum absolute atomic E-state index is 12.7. The van der Waals surface area contributed by atoms with Crippen LogP contribution in [0.2, 0.25) is 0 Å². The average Bonchev–Trinajstić information content (AvgIpc) is 3.05. The SMILES string of the molecule is CCCCCCCCCCOc1ccc(C(=O)Oc2ccc(OC(=O)C3CCN(C(=O)CCCCCCC)CC3)cc2)cc1. The first-order valence-electron chi connectivity index (χ1n) is 17.0. The average molecular weight is 608 g/mol. The van der Waals surface area contributed by atoms with Gasteiger partial charge in [-0.05, 0) is 74.2 Å². The standard InChI is InChI=1S/C37H53NO6/c1-3-5-7-9-10-11-13-15-29-42-32-19-17-30(18-20-32)36(40)43-33-21-23-34(24-22-33)44-37(41)31-25-27-38(28-26-31)35(39)16-14-12-8-6-4-2/h17-24,31H,3-16,25-29H2,1-2H3. The van der Waals surface area contributed by atoms with Crippen LogP contribution >= 0.6 is 0 Å². The van der Waals surface area contributed by atoms with Crippen molar-refractivity contribution in [3.05, 3.63) is 54.1 Å². The van der Waals surface area contributed by atoms with Crippen LogP contribution in [-0.4, -0.2) is 42.4 Å². The fourth-order valence-corrected chi connectivity index (χ4v) is 5.46. The summed E-state index contributed by atoms with van der Waals surface area (Å²) in [5.74, 6) is 0.721. The Balaban J connectivity index is 1.32. The lowest BCUT2D eigenvalue weighted by molar-refractivity contribution is -0.143. The van der Waals surface area contributed by atoms with E-state index in [9.17, 15) is 14.4 Å². The Morgan fingerprint density at radius 3 is 1.73 bits per heavy atom. The quantitative estimate of drug-likeness (QED) is 0.0849. The Hall–Kier alpha value is -3.35. The molecule has 0 radical (unpaired) electrons. The van der Waals surface area contributed by atoms with Gasteiger partial charge < -0.3 is 19.1 Å². The maximum atomic E-state index is 12.7. The molecule has 0 N–H and O–H groups in total. The van der Waals surface area contributed by atoms with Gasteiger partial charge in [-0.2, -0.15) is 0 Å². The highest BCUT2D eigenvalue weighted by atomic mass is 16.5. The van der Waals surface area contributed by atoms with Crippen molar-refractivity contribution in [2.24, 2.45) is 5.92 Å². The number of likely N-dealkylation sites (tertiary alicyclic amines) is 1. The van der Waals surface area contributed by atoms with Crippen LogP contribution < -0.4 is 14.2 Å². The number of hydrogen-bond donors (Lipinski definition) is 0. The molecular weight excluding hydrogens is 554 g/mol. The summed E-state index contributed by atoms with van der Waals surface area (Å²) >= 11 is 0. The van der Waals surface area contributed by atoms with Gasteiger partial charge in [-0.1, -0.05) is 84.5 Å². The predicted octanol–water partition coefficient (Wildman–Crippen LogP) is 8.93. The molecule has 1 amide bonds. The number of carbonyl (C=O) groups excluding carboxylic acids is 3. The third-order valence-corrected chi connectivity index (χ3v) is 8.28. The van der Waals surface area contributed by atoms with Crippen molar-refractivity contribution >= 4 is 17.8 Å². The van der Waals surface area contributed by atoms with Gasteiger partial charge in [0.1, 0.15) is 17.2 Å². The molecule has 242 valence electrons. The van der Waals surface area contributed by atoms with E-state index in [0.29, 0.717) is 56.0 Å². The molecule has 1 aliphatic heterocycles. The highest BCUT2D eigenvalue weighted by Crippen LogP contribution is 2.24. The molecule has 1 saturated heterocycles. The monoisotopic (exact) mass is 607 g/mol. The molecule has 7 nitrogen and oxygen atoms in total. The van der Waals surface area contributed by atoms with Crippen LogP contribution in [0.4, 0.5) is 0 Å². The van der Waals surface area contributed by atoms with Gasteiger partial charge in [0.15, 0.2) is 0 Å². The summed E-state index contributed by atoms with van der Waals surface area (Å²) in [5.41, 5.74) is 0.432. The molecule has 0 bridgehead atoms. The number of ether oxygens (including phenoxy) is 3. The lowest BCUT2D eigenvalue weighted by Gasteiger charge is -2.31. The van der Waals surface area contributed by atoms with Crippen LogP contribution in [-0.2, 0) is 9.59 Å². The van der Waals surface area contributed by atoms with Crippen molar-refractivity contribution in [3.8, 4) is 17.2 Å². The van der Waals surface area contributed by atoms with Crippen molar-refractivity contribution in [1.82, 2.24) is 4.90 Å². The number of hydrogen-bond acceptors (Lipinski definition) is 6. The lowest BCUT2D eigenvalue weighted by Crippen LogP contribution is -2.41. The first-order chi connectivity index (χ1) is 21.5.